The molecule has 12 aromatic rings. The van der Waals surface area contributed by atoms with E-state index in [1.165, 1.54) is 161 Å². The molecule has 6 atom stereocenters. The Kier molecular flexibility index (Phi) is 32.6. The molecule has 4 amide bonds. The van der Waals surface area contributed by atoms with Gasteiger partial charge >= 0.3 is 0 Å². The van der Waals surface area contributed by atoms with Crippen LogP contribution in [0.1, 0.15) is 97.2 Å². The summed E-state index contributed by atoms with van der Waals surface area (Å²) in [5, 5.41) is 62.1. The maximum atomic E-state index is 15.3. The summed E-state index contributed by atoms with van der Waals surface area (Å²) in [6, 6.07) is 41.3. The summed E-state index contributed by atoms with van der Waals surface area (Å²) in [6.07, 6.45) is 11.3. The van der Waals surface area contributed by atoms with E-state index in [-0.39, 0.29) is 112 Å². The van der Waals surface area contributed by atoms with Crippen molar-refractivity contribution in [3.8, 4) is 0 Å². The first-order valence-electron chi connectivity index (χ1n) is 42.0. The van der Waals surface area contributed by atoms with Crippen LogP contribution in [0.4, 0.5) is 61.5 Å². The van der Waals surface area contributed by atoms with Gasteiger partial charge in [-0.15, -0.1) is 0 Å². The molecule has 0 saturated heterocycles. The molecule has 4 aromatic heterocycles. The van der Waals surface area contributed by atoms with Crippen LogP contribution in [0.3, 0.4) is 0 Å². The lowest BCUT2D eigenvalue weighted by molar-refractivity contribution is -0.0815. The van der Waals surface area contributed by atoms with Gasteiger partial charge in [-0.3, -0.25) is 53.5 Å². The average molecular weight is 1880 g/mol. The van der Waals surface area contributed by atoms with Gasteiger partial charge in [-0.1, -0.05) is 84.9 Å². The topological polar surface area (TPSA) is 326 Å². The van der Waals surface area contributed by atoms with Gasteiger partial charge in [-0.25, -0.2) is 61.5 Å². The number of alkyl halides is 6. The molecule has 136 heavy (non-hydrogen) atoms. The van der Waals surface area contributed by atoms with E-state index in [1.807, 2.05) is 19.1 Å². The summed E-state index contributed by atoms with van der Waals surface area (Å²) in [5.74, 6) is -15.2. The Bertz CT molecular complexity index is 6510. The highest BCUT2D eigenvalue weighted by Crippen LogP contribution is 2.35. The minimum Gasteiger partial charge on any atom is -0.393 e. The zero-order chi connectivity index (χ0) is 96.9. The number of nitrogens with zero attached hydrogens (tertiary/aromatic N) is 12. The summed E-state index contributed by atoms with van der Waals surface area (Å²) in [6.45, 7) is -2.75. The summed E-state index contributed by atoms with van der Waals surface area (Å²) >= 11 is 0. The molecule has 0 radical (unpaired) electrons. The number of rotatable bonds is 32. The van der Waals surface area contributed by atoms with Crippen LogP contribution in [0, 0.1) is 47.6 Å². The van der Waals surface area contributed by atoms with Gasteiger partial charge in [0.05, 0.1) is 123 Å². The summed E-state index contributed by atoms with van der Waals surface area (Å²) in [5.41, 5.74) is 6.47. The molecule has 0 saturated carbocycles. The highest BCUT2D eigenvalue weighted by molar-refractivity contribution is 6.23. The van der Waals surface area contributed by atoms with E-state index in [9.17, 15) is 91.6 Å². The fraction of sp³-hybridized carbons (Fsp3) is 0.214. The molecule has 8 heterocycles. The van der Waals surface area contributed by atoms with Gasteiger partial charge in [-0.05, 0) is 185 Å². The Morgan fingerprint density at radius 1 is 0.390 bits per heavy atom. The number of aliphatic hydroxyl groups is 4. The lowest BCUT2D eigenvalue weighted by Crippen LogP contribution is -2.52. The molecule has 702 valence electrons. The first-order valence-corrected chi connectivity index (χ1v) is 42.0. The van der Waals surface area contributed by atoms with Crippen LogP contribution < -0.4 is 21.3 Å². The monoisotopic (exact) mass is 1880 g/mol. The van der Waals surface area contributed by atoms with Crippen molar-refractivity contribution in [2.45, 2.75) is 81.3 Å². The molecule has 0 unspecified atom stereocenters. The molecule has 8 N–H and O–H groups in total. The van der Waals surface area contributed by atoms with Crippen molar-refractivity contribution in [3.63, 3.8) is 0 Å². The standard InChI is InChI=1S/C27H24F3N3O2.2C24H20F4N4O2.C23H20F3N5O2/c1-17-5-4-7-22(25(17)23-13-19(15-32-23)18-8-10-20(28)11-9-18)26(35)33-24(27(29,30)16-34)14-21-6-2-3-12-31-21;25-17-7-5-15(6-8-17)16-11-20(29-12-16)22-18(3-1-4-19(22)26)23(34)31-21(24(27,28)14-33)13-32-10-2-9-30-32;25-15-7-5-14(6-8-15)17-11-29-23(22(17)28)21-16(3-1-4-18(21)26)24(34)31-20(19(27)13-33)12-32-10-2-9-30-32;24-16-6-4-14(5-7-16)15-10-20(27-11-15)22-17(2-1-3-18(22)25)23(33)30-21(19(26)13-32)12-31-28-8-9-29-31/h2-13,24,34H,14-16H2,1H3,(H,33,35);1-11,21,33H,12-14H2,(H,31,34);1-10,19-20,33H,11-13H2,(H,31,34);1-10,19,21,32H,11-13H2,(H,30,33)/t24-;21-;19-,20-;19-,21-/m1111/s1. The number of carbonyl (C=O) groups excluding carboxylic acids is 4. The van der Waals surface area contributed by atoms with Gasteiger partial charge in [-0.2, -0.15) is 25.2 Å². The number of amides is 4. The maximum absolute atomic E-state index is 15.3. The smallest absolute Gasteiger partial charge is 0.292 e. The third-order valence-corrected chi connectivity index (χ3v) is 21.9. The fourth-order valence-electron chi connectivity index (χ4n) is 14.8. The Labute approximate surface area is 767 Å². The average Bonchev–Trinajstić information content (AvgIpc) is 1.60. The highest BCUT2D eigenvalue weighted by atomic mass is 19.3. The molecule has 0 bridgehead atoms. The predicted octanol–water partition coefficient (Wildman–Crippen LogP) is 13.9. The first-order chi connectivity index (χ1) is 65.4. The van der Waals surface area contributed by atoms with E-state index >= 15 is 4.39 Å². The van der Waals surface area contributed by atoms with E-state index in [0.29, 0.717) is 40.2 Å². The van der Waals surface area contributed by atoms with Crippen LogP contribution in [0.5, 0.6) is 0 Å². The quantitative estimate of drug-likeness (QED) is 0.0182. The highest BCUT2D eigenvalue weighted by Gasteiger charge is 2.43. The number of halogens is 14. The summed E-state index contributed by atoms with van der Waals surface area (Å²) in [4.78, 5) is 74.9. The molecule has 24 nitrogen and oxygen atoms in total. The Morgan fingerprint density at radius 3 is 1.21 bits per heavy atom. The largest absolute Gasteiger partial charge is 0.393 e. The number of carbonyl (C=O) groups is 4. The van der Waals surface area contributed by atoms with Crippen molar-refractivity contribution in [1.29, 1.82) is 0 Å². The van der Waals surface area contributed by atoms with E-state index < -0.39 is 140 Å². The van der Waals surface area contributed by atoms with E-state index in [0.717, 1.165) is 40.0 Å². The molecule has 16 rings (SSSR count). The van der Waals surface area contributed by atoms with Crippen molar-refractivity contribution in [1.82, 2.24) is 60.8 Å². The van der Waals surface area contributed by atoms with Crippen molar-refractivity contribution in [2.24, 2.45) is 20.0 Å². The van der Waals surface area contributed by atoms with Gasteiger partial charge in [0.15, 0.2) is 5.83 Å². The lowest BCUT2D eigenvalue weighted by atomic mass is 9.95. The fourth-order valence-corrected chi connectivity index (χ4v) is 14.8. The van der Waals surface area contributed by atoms with Crippen LogP contribution in [-0.4, -0.2) is 207 Å². The van der Waals surface area contributed by atoms with Gasteiger partial charge in [0, 0.05) is 70.9 Å². The number of aliphatic imine (C=N–C) groups is 4. The van der Waals surface area contributed by atoms with E-state index in [4.69, 9.17) is 5.11 Å². The predicted molar refractivity (Wildman–Crippen MR) is 479 cm³/mol. The minimum atomic E-state index is -3.66. The van der Waals surface area contributed by atoms with Gasteiger partial charge in [0.1, 0.15) is 84.1 Å². The minimum absolute atomic E-state index is 0.0255. The zero-order valence-electron chi connectivity index (χ0n) is 71.9. The van der Waals surface area contributed by atoms with Crippen LogP contribution in [-0.2, 0) is 26.1 Å². The Balaban J connectivity index is 0.000000153. The van der Waals surface area contributed by atoms with Crippen molar-refractivity contribution in [3.05, 3.63) is 386 Å². The number of aliphatic hydroxyl groups excluding tert-OH is 4. The molecular weight excluding hydrogens is 1800 g/mol. The molecular formula is C98H84F14N16O8. The molecule has 4 aliphatic heterocycles. The van der Waals surface area contributed by atoms with E-state index in [1.54, 1.807) is 91.1 Å². The van der Waals surface area contributed by atoms with Crippen molar-refractivity contribution < 1.29 is 101 Å². The second kappa shape index (κ2) is 45.1. The van der Waals surface area contributed by atoms with Crippen LogP contribution in [0.2, 0.25) is 0 Å². The van der Waals surface area contributed by atoms with Gasteiger partial charge in [0.25, 0.3) is 35.5 Å². The Hall–Kier alpha value is -15.2. The number of aryl methyl sites for hydroxylation is 1. The van der Waals surface area contributed by atoms with Crippen molar-refractivity contribution >= 4 is 68.8 Å². The SMILES string of the molecule is Cc1cccc(C(=O)N[C@H](Cc2ccccn2)C(F)(F)CO)c1C1=NCC(c2ccc(F)cc2)=C1.O=C(N[C@H](Cn1cccn1)C(F)(F)CO)c1cccc(F)c1C1=NCC(c2ccc(F)cc2)=C1.O=C(N[C@H](Cn1cccn1)[C@H](F)CO)c1cccc(F)c1C1=NCC(c2ccc(F)cc2)=C1F.O=C(N[C@H](Cn1nccn1)[C@H](F)CO)c1cccc(F)c1C1=NCC(c2ccc(F)cc2)=C1. The van der Waals surface area contributed by atoms with Gasteiger partial charge < -0.3 is 41.7 Å². The second-order valence-corrected chi connectivity index (χ2v) is 31.1. The van der Waals surface area contributed by atoms with Gasteiger partial charge in [0.2, 0.25) is 0 Å². The molecule has 0 spiro atoms. The number of allylic oxidation sites excluding steroid dienone is 4. The van der Waals surface area contributed by atoms with E-state index in [2.05, 4.69) is 66.6 Å². The summed E-state index contributed by atoms with van der Waals surface area (Å²) in [7, 11) is 0. The number of nitrogens with one attached hydrogen (secondary N) is 4. The number of benzene rings is 8. The Morgan fingerprint density at radius 2 is 0.779 bits per heavy atom. The maximum Gasteiger partial charge on any atom is 0.292 e. The third-order valence-electron chi connectivity index (χ3n) is 21.9. The number of pyridine rings is 1. The third kappa shape index (κ3) is 24.4. The zero-order valence-corrected chi connectivity index (χ0v) is 71.9. The molecule has 38 heteroatoms. The molecule has 0 aliphatic carbocycles. The normalized spacial score (nSPS) is 14.8. The van der Waals surface area contributed by atoms with Crippen molar-refractivity contribution in [2.75, 3.05) is 52.6 Å². The first kappa shape index (κ1) is 98.4. The molecule has 4 aliphatic rings. The summed E-state index contributed by atoms with van der Waals surface area (Å²) < 4.78 is 202. The lowest BCUT2D eigenvalue weighted by Gasteiger charge is -2.26. The molecule has 8 aromatic carbocycles. The molecule has 0 fully saturated rings. The van der Waals surface area contributed by atoms with Crippen LogP contribution in [0.25, 0.3) is 22.3 Å². The number of aromatic nitrogens is 8. The van der Waals surface area contributed by atoms with Crippen LogP contribution >= 0.6 is 0 Å². The second-order valence-electron chi connectivity index (χ2n) is 31.1. The number of hydrogen-bond acceptors (Lipinski definition) is 17. The number of hydrogen-bond donors (Lipinski definition) is 8. The van der Waals surface area contributed by atoms with Crippen LogP contribution in [0.15, 0.2) is 288 Å².